The summed E-state index contributed by atoms with van der Waals surface area (Å²) in [6.07, 6.45) is 0. The van der Waals surface area contributed by atoms with Crippen molar-refractivity contribution in [1.82, 2.24) is 0 Å². The predicted molar refractivity (Wildman–Crippen MR) is 254 cm³/mol. The van der Waals surface area contributed by atoms with Crippen molar-refractivity contribution < 1.29 is 27.1 Å². The first-order valence-electron chi connectivity index (χ1n) is 21.1. The molecule has 0 N–H and O–H groups in total. The highest BCUT2D eigenvalue weighted by atomic mass is 31.2. The van der Waals surface area contributed by atoms with E-state index >= 15 is 0 Å². The van der Waals surface area contributed by atoms with Gasteiger partial charge in [0.1, 0.15) is 34.5 Å². The summed E-state index contributed by atoms with van der Waals surface area (Å²) >= 11 is 0. The molecule has 0 heterocycles. The first kappa shape index (κ1) is 42.9. The van der Waals surface area contributed by atoms with Crippen LogP contribution in [-0.4, -0.2) is 0 Å². The maximum absolute atomic E-state index is 7.11. The van der Waals surface area contributed by atoms with Crippen molar-refractivity contribution in [3.05, 3.63) is 211 Å². The third-order valence-electron chi connectivity index (χ3n) is 11.6. The number of rotatable bonds is 13. The zero-order chi connectivity index (χ0) is 43.7. The lowest BCUT2D eigenvalue weighted by Crippen LogP contribution is -2.20. The van der Waals surface area contributed by atoms with Gasteiger partial charge in [-0.1, -0.05) is 126 Å². The molecule has 0 spiro atoms. The zero-order valence-corrected chi connectivity index (χ0v) is 39.0. The molecule has 316 valence electrons. The van der Waals surface area contributed by atoms with E-state index in [0.29, 0.717) is 34.5 Å². The predicted octanol–water partition coefficient (Wildman–Crippen LogP) is 15.6. The van der Waals surface area contributed by atoms with Gasteiger partial charge in [-0.3, -0.25) is 0 Å². The van der Waals surface area contributed by atoms with Crippen molar-refractivity contribution in [3.8, 4) is 34.5 Å². The van der Waals surface area contributed by atoms with Gasteiger partial charge in [0.2, 0.25) is 0 Å². The number of hydrogen-bond donors (Lipinski definition) is 0. The highest BCUT2D eigenvalue weighted by Gasteiger charge is 2.38. The molecule has 62 heavy (non-hydrogen) atoms. The monoisotopic (exact) mass is 860 g/mol. The van der Waals surface area contributed by atoms with E-state index in [1.807, 2.05) is 94.4 Å². The van der Waals surface area contributed by atoms with Crippen LogP contribution in [-0.2, 0) is 0 Å². The molecular formula is C54H54O6P2. The summed E-state index contributed by atoms with van der Waals surface area (Å²) in [4.78, 5) is 0. The normalized spacial score (nSPS) is 14.3. The van der Waals surface area contributed by atoms with E-state index in [9.17, 15) is 0 Å². The Morgan fingerprint density at radius 3 is 1.10 bits per heavy atom. The fraction of sp³-hybridized carbons (Fsp3) is 0.222. The fourth-order valence-electron chi connectivity index (χ4n) is 8.42. The minimum atomic E-state index is -1.99. The van der Waals surface area contributed by atoms with Gasteiger partial charge in [-0.05, 0) is 143 Å². The van der Waals surface area contributed by atoms with Gasteiger partial charge in [0, 0.05) is 23.0 Å². The molecule has 7 aromatic carbocycles. The maximum Gasteiger partial charge on any atom is 0.530 e. The number of benzene rings is 7. The molecule has 0 radical (unpaired) electrons. The Balaban J connectivity index is 1.25. The molecule has 0 aliphatic heterocycles. The lowest BCUT2D eigenvalue weighted by molar-refractivity contribution is 0.382. The van der Waals surface area contributed by atoms with Gasteiger partial charge in [-0.15, -0.1) is 0 Å². The van der Waals surface area contributed by atoms with E-state index in [2.05, 4.69) is 108 Å². The second-order valence-corrected chi connectivity index (χ2v) is 18.6. The standard InChI is InChI=1S/C54H54O6P2/c1-33-21-25-46(38(6)29-33)55-61(56-47-26-22-34(2)30-39(47)7)59-50-19-13-15-37(5)52(50)54-45-17-12-11-16-43(45)42(10)44-18-14-20-51(53(44)54)60-62(57-48-27-23-35(3)31-40(48)8)58-49-28-24-36(4)32-41(49)9/h11-32,42,54H,1-10H3. The van der Waals surface area contributed by atoms with Gasteiger partial charge in [0.05, 0.1) is 0 Å². The van der Waals surface area contributed by atoms with Crippen LogP contribution in [0.15, 0.2) is 133 Å². The van der Waals surface area contributed by atoms with E-state index < -0.39 is 17.2 Å². The number of hydrogen-bond acceptors (Lipinski definition) is 6. The maximum atomic E-state index is 7.11. The van der Waals surface area contributed by atoms with E-state index in [1.165, 1.54) is 11.1 Å². The Morgan fingerprint density at radius 1 is 0.323 bits per heavy atom. The minimum Gasteiger partial charge on any atom is -0.408 e. The summed E-state index contributed by atoms with van der Waals surface area (Å²) in [6.45, 7) is 20.9. The summed E-state index contributed by atoms with van der Waals surface area (Å²) in [7, 11) is -3.98. The molecule has 8 heteroatoms. The molecule has 6 nitrogen and oxygen atoms in total. The van der Waals surface area contributed by atoms with Crippen molar-refractivity contribution in [3.63, 3.8) is 0 Å². The van der Waals surface area contributed by atoms with Crippen LogP contribution in [0.4, 0.5) is 0 Å². The summed E-state index contributed by atoms with van der Waals surface area (Å²) in [6, 6.07) is 45.8. The van der Waals surface area contributed by atoms with Crippen molar-refractivity contribution in [2.75, 3.05) is 0 Å². The van der Waals surface area contributed by atoms with Gasteiger partial charge < -0.3 is 27.1 Å². The van der Waals surface area contributed by atoms with Crippen LogP contribution in [0.1, 0.15) is 96.6 Å². The Kier molecular flexibility index (Phi) is 12.6. The molecule has 2 unspecified atom stereocenters. The average Bonchev–Trinajstić information content (AvgIpc) is 3.23. The first-order valence-corrected chi connectivity index (χ1v) is 23.3. The molecule has 1 aliphatic rings. The van der Waals surface area contributed by atoms with Crippen LogP contribution < -0.4 is 27.1 Å². The van der Waals surface area contributed by atoms with Gasteiger partial charge in [-0.2, -0.15) is 0 Å². The van der Waals surface area contributed by atoms with Crippen LogP contribution in [0.3, 0.4) is 0 Å². The zero-order valence-electron chi connectivity index (χ0n) is 37.2. The quantitative estimate of drug-likeness (QED) is 0.108. The highest BCUT2D eigenvalue weighted by Crippen LogP contribution is 2.56. The first-order chi connectivity index (χ1) is 29.8. The Morgan fingerprint density at radius 2 is 0.677 bits per heavy atom. The molecule has 8 rings (SSSR count). The Labute approximate surface area is 369 Å². The van der Waals surface area contributed by atoms with Crippen molar-refractivity contribution in [2.24, 2.45) is 0 Å². The van der Waals surface area contributed by atoms with Crippen LogP contribution in [0, 0.1) is 62.3 Å². The largest absolute Gasteiger partial charge is 0.530 e. The topological polar surface area (TPSA) is 55.4 Å². The molecule has 0 bridgehead atoms. The Hall–Kier alpha value is -5.80. The lowest BCUT2D eigenvalue weighted by Gasteiger charge is -2.36. The van der Waals surface area contributed by atoms with Crippen LogP contribution >= 0.6 is 17.2 Å². The Bertz CT molecular complexity index is 2660. The van der Waals surface area contributed by atoms with Crippen molar-refractivity contribution in [2.45, 2.75) is 81.1 Å². The molecular weight excluding hydrogens is 807 g/mol. The summed E-state index contributed by atoms with van der Waals surface area (Å²) < 4.78 is 41.1. The number of fused-ring (bicyclic) bond motifs is 2. The lowest BCUT2D eigenvalue weighted by atomic mass is 9.69. The second-order valence-electron chi connectivity index (χ2n) is 16.6. The summed E-state index contributed by atoms with van der Waals surface area (Å²) in [5.41, 5.74) is 15.3. The molecule has 7 aromatic rings. The van der Waals surface area contributed by atoms with E-state index in [4.69, 9.17) is 27.1 Å². The highest BCUT2D eigenvalue weighted by molar-refractivity contribution is 7.43. The fourth-order valence-corrected chi connectivity index (χ4v) is 10.7. The molecule has 1 aliphatic carbocycles. The van der Waals surface area contributed by atoms with Gasteiger partial charge in [0.25, 0.3) is 0 Å². The van der Waals surface area contributed by atoms with Crippen LogP contribution in [0.2, 0.25) is 0 Å². The second kappa shape index (κ2) is 18.3. The van der Waals surface area contributed by atoms with Crippen molar-refractivity contribution in [1.29, 1.82) is 0 Å². The van der Waals surface area contributed by atoms with Gasteiger partial charge >= 0.3 is 17.2 Å². The SMILES string of the molecule is Cc1ccc(OP(Oc2ccc(C)cc2C)Oc2cccc(C)c2C2c3ccccc3C(C)c3cccc(OP(Oc4ccc(C)cc4C)Oc4ccc(C)cc4C)c32)c(C)c1. The van der Waals surface area contributed by atoms with Gasteiger partial charge in [-0.25, -0.2) is 0 Å². The van der Waals surface area contributed by atoms with Crippen LogP contribution in [0.5, 0.6) is 34.5 Å². The molecule has 2 atom stereocenters. The smallest absolute Gasteiger partial charge is 0.408 e. The molecule has 0 amide bonds. The third-order valence-corrected chi connectivity index (χ3v) is 13.6. The van der Waals surface area contributed by atoms with Crippen LogP contribution in [0.25, 0.3) is 0 Å². The molecule has 0 saturated heterocycles. The number of aryl methyl sites for hydroxylation is 9. The van der Waals surface area contributed by atoms with E-state index in [-0.39, 0.29) is 11.8 Å². The molecule has 0 aromatic heterocycles. The summed E-state index contributed by atoms with van der Waals surface area (Å²) in [5.74, 6) is 3.98. The van der Waals surface area contributed by atoms with Crippen molar-refractivity contribution >= 4 is 17.2 Å². The summed E-state index contributed by atoms with van der Waals surface area (Å²) in [5, 5.41) is 0. The minimum absolute atomic E-state index is 0.0824. The third kappa shape index (κ3) is 9.19. The molecule has 0 saturated carbocycles. The van der Waals surface area contributed by atoms with Gasteiger partial charge in [0.15, 0.2) is 0 Å². The molecule has 0 fully saturated rings. The average molecular weight is 861 g/mol. The van der Waals surface area contributed by atoms with E-state index in [1.54, 1.807) is 0 Å². The van der Waals surface area contributed by atoms with E-state index in [0.717, 1.165) is 66.8 Å².